The van der Waals surface area contributed by atoms with Crippen molar-refractivity contribution in [2.24, 2.45) is 0 Å². The third-order valence-electron chi connectivity index (χ3n) is 3.75. The zero-order valence-electron chi connectivity index (χ0n) is 15.3. The highest BCUT2D eigenvalue weighted by Crippen LogP contribution is 2.13. The van der Waals surface area contributed by atoms with E-state index in [-0.39, 0.29) is 18.4 Å². The van der Waals surface area contributed by atoms with Gasteiger partial charge in [0.2, 0.25) is 5.91 Å². The molecule has 2 rings (SSSR count). The Morgan fingerprint density at radius 2 is 1.85 bits per heavy atom. The van der Waals surface area contributed by atoms with E-state index in [0.717, 1.165) is 17.5 Å². The van der Waals surface area contributed by atoms with E-state index < -0.39 is 0 Å². The molecule has 2 aromatic rings. The van der Waals surface area contributed by atoms with Crippen molar-refractivity contribution in [1.29, 1.82) is 5.26 Å². The van der Waals surface area contributed by atoms with E-state index in [2.05, 4.69) is 16.7 Å². The van der Waals surface area contributed by atoms with E-state index in [9.17, 15) is 9.59 Å². The molecule has 0 radical (unpaired) electrons. The fourth-order valence-electron chi connectivity index (χ4n) is 2.40. The molecule has 0 bridgehead atoms. The number of ether oxygens (including phenoxy) is 1. The Bertz CT molecular complexity index is 810. The second kappa shape index (κ2) is 10.6. The summed E-state index contributed by atoms with van der Waals surface area (Å²) in [5.41, 5.74) is 2.51. The smallest absolute Gasteiger partial charge is 0.258 e. The lowest BCUT2D eigenvalue weighted by atomic mass is 10.2. The number of nitrogens with one attached hydrogen (secondary N) is 2. The maximum Gasteiger partial charge on any atom is 0.258 e. The van der Waals surface area contributed by atoms with Crippen molar-refractivity contribution in [1.82, 2.24) is 5.32 Å². The molecule has 0 atom stereocenters. The Hall–Kier alpha value is -3.33. The van der Waals surface area contributed by atoms with Crippen molar-refractivity contribution in [2.45, 2.75) is 32.7 Å². The Kier molecular flexibility index (Phi) is 7.86. The zero-order chi connectivity index (χ0) is 19.5. The van der Waals surface area contributed by atoms with E-state index in [1.807, 2.05) is 31.2 Å². The summed E-state index contributed by atoms with van der Waals surface area (Å²) in [6.07, 6.45) is 1.62. The van der Waals surface area contributed by atoms with E-state index in [1.165, 1.54) is 0 Å². The maximum absolute atomic E-state index is 12.0. The van der Waals surface area contributed by atoms with E-state index in [1.54, 1.807) is 24.3 Å². The summed E-state index contributed by atoms with van der Waals surface area (Å²) in [5, 5.41) is 14.3. The van der Waals surface area contributed by atoms with E-state index >= 15 is 0 Å². The molecule has 0 fully saturated rings. The van der Waals surface area contributed by atoms with Crippen LogP contribution in [-0.2, 0) is 22.6 Å². The van der Waals surface area contributed by atoms with Crippen LogP contribution >= 0.6 is 0 Å². The lowest BCUT2D eigenvalue weighted by molar-refractivity contribution is -0.123. The molecule has 0 aliphatic carbocycles. The standard InChI is InChI=1S/C21H23N3O3/c1-2-4-20(25)24-18-6-3-5-17(13-18)14-23-21(26)15-27-19-9-7-16(8-10-19)11-12-22/h3,5-10,13H,2,4,11,14-15H2,1H3,(H,23,26)(H,24,25). The van der Waals surface area contributed by atoms with Gasteiger partial charge in [-0.15, -0.1) is 0 Å². The van der Waals surface area contributed by atoms with Gasteiger partial charge in [-0.25, -0.2) is 0 Å². The molecular weight excluding hydrogens is 342 g/mol. The Labute approximate surface area is 159 Å². The molecule has 6 nitrogen and oxygen atoms in total. The summed E-state index contributed by atoms with van der Waals surface area (Å²) >= 11 is 0. The number of nitrogens with zero attached hydrogens (tertiary/aromatic N) is 1. The maximum atomic E-state index is 12.0. The molecule has 0 saturated carbocycles. The number of hydrogen-bond donors (Lipinski definition) is 2. The summed E-state index contributed by atoms with van der Waals surface area (Å²) in [6, 6.07) is 16.5. The SMILES string of the molecule is CCCC(=O)Nc1cccc(CNC(=O)COc2ccc(CC#N)cc2)c1. The molecule has 2 aromatic carbocycles. The summed E-state index contributed by atoms with van der Waals surface area (Å²) in [4.78, 5) is 23.6. The summed E-state index contributed by atoms with van der Waals surface area (Å²) in [6.45, 7) is 2.21. The van der Waals surface area contributed by atoms with E-state index in [4.69, 9.17) is 10.00 Å². The van der Waals surface area contributed by atoms with Gasteiger partial charge in [0.15, 0.2) is 6.61 Å². The molecule has 0 aliphatic rings. The molecule has 2 amide bonds. The van der Waals surface area contributed by atoms with Crippen LogP contribution < -0.4 is 15.4 Å². The van der Waals surface area contributed by atoms with Crippen LogP contribution in [0.4, 0.5) is 5.69 Å². The molecule has 6 heteroatoms. The van der Waals surface area contributed by atoms with Gasteiger partial charge < -0.3 is 15.4 Å². The van der Waals surface area contributed by atoms with Gasteiger partial charge in [0.1, 0.15) is 5.75 Å². The van der Waals surface area contributed by atoms with Crippen molar-refractivity contribution in [3.63, 3.8) is 0 Å². The topological polar surface area (TPSA) is 91.2 Å². The first-order valence-corrected chi connectivity index (χ1v) is 8.85. The molecule has 140 valence electrons. The van der Waals surface area contributed by atoms with Crippen LogP contribution in [-0.4, -0.2) is 18.4 Å². The second-order valence-corrected chi connectivity index (χ2v) is 6.04. The van der Waals surface area contributed by atoms with Crippen molar-refractivity contribution in [3.8, 4) is 11.8 Å². The average molecular weight is 365 g/mol. The minimum atomic E-state index is -0.239. The summed E-state index contributed by atoms with van der Waals surface area (Å²) in [7, 11) is 0. The van der Waals surface area contributed by atoms with Gasteiger partial charge in [-0.2, -0.15) is 5.26 Å². The predicted octanol–water partition coefficient (Wildman–Crippen LogP) is 3.19. The highest BCUT2D eigenvalue weighted by molar-refractivity contribution is 5.90. The monoisotopic (exact) mass is 365 g/mol. The minimum Gasteiger partial charge on any atom is -0.484 e. The predicted molar refractivity (Wildman–Crippen MR) is 103 cm³/mol. The van der Waals surface area contributed by atoms with Gasteiger partial charge >= 0.3 is 0 Å². The largest absolute Gasteiger partial charge is 0.484 e. The number of nitriles is 1. The van der Waals surface area contributed by atoms with Crippen LogP contribution in [0.3, 0.4) is 0 Å². The van der Waals surface area contributed by atoms with Gasteiger partial charge in [0, 0.05) is 18.7 Å². The summed E-state index contributed by atoms with van der Waals surface area (Å²) < 4.78 is 5.44. The fraction of sp³-hybridized carbons (Fsp3) is 0.286. The third-order valence-corrected chi connectivity index (χ3v) is 3.75. The molecule has 0 aliphatic heterocycles. The van der Waals surface area contributed by atoms with Gasteiger partial charge in [-0.3, -0.25) is 9.59 Å². The van der Waals surface area contributed by atoms with E-state index in [0.29, 0.717) is 30.8 Å². The fourth-order valence-corrected chi connectivity index (χ4v) is 2.40. The number of rotatable bonds is 9. The highest BCUT2D eigenvalue weighted by Gasteiger charge is 2.05. The number of carbonyl (C=O) groups excluding carboxylic acids is 2. The first-order valence-electron chi connectivity index (χ1n) is 8.85. The van der Waals surface area contributed by atoms with Crippen molar-refractivity contribution in [3.05, 3.63) is 59.7 Å². The molecule has 27 heavy (non-hydrogen) atoms. The Balaban J connectivity index is 1.78. The second-order valence-electron chi connectivity index (χ2n) is 6.04. The number of anilines is 1. The molecule has 0 saturated heterocycles. The average Bonchev–Trinajstić information content (AvgIpc) is 2.66. The van der Waals surface area contributed by atoms with Gasteiger partial charge in [0.25, 0.3) is 5.91 Å². The first-order chi connectivity index (χ1) is 13.1. The summed E-state index contributed by atoms with van der Waals surface area (Å²) in [5.74, 6) is 0.317. The van der Waals surface area contributed by atoms with Crippen LogP contribution in [0, 0.1) is 11.3 Å². The lowest BCUT2D eigenvalue weighted by Gasteiger charge is -2.09. The molecule has 0 aromatic heterocycles. The number of benzene rings is 2. The highest BCUT2D eigenvalue weighted by atomic mass is 16.5. The van der Waals surface area contributed by atoms with Crippen LogP contribution in [0.25, 0.3) is 0 Å². The number of carbonyl (C=O) groups is 2. The van der Waals surface area contributed by atoms with Crippen molar-refractivity contribution in [2.75, 3.05) is 11.9 Å². The van der Waals surface area contributed by atoms with Crippen molar-refractivity contribution < 1.29 is 14.3 Å². The van der Waals surface area contributed by atoms with Gasteiger partial charge in [0.05, 0.1) is 12.5 Å². The number of hydrogen-bond acceptors (Lipinski definition) is 4. The molecule has 0 unspecified atom stereocenters. The Morgan fingerprint density at radius 3 is 2.56 bits per heavy atom. The number of amides is 2. The minimum absolute atomic E-state index is 0.0205. The lowest BCUT2D eigenvalue weighted by Crippen LogP contribution is -2.28. The molecular formula is C21H23N3O3. The van der Waals surface area contributed by atoms with Crippen LogP contribution in [0.15, 0.2) is 48.5 Å². The third kappa shape index (κ3) is 7.20. The first kappa shape index (κ1) is 20.0. The van der Waals surface area contributed by atoms with Gasteiger partial charge in [-0.05, 0) is 41.8 Å². The molecule has 0 heterocycles. The molecule has 2 N–H and O–H groups in total. The van der Waals surface area contributed by atoms with Gasteiger partial charge in [-0.1, -0.05) is 31.2 Å². The normalized spacial score (nSPS) is 9.93. The van der Waals surface area contributed by atoms with Crippen LogP contribution in [0.1, 0.15) is 30.9 Å². The molecule has 0 spiro atoms. The Morgan fingerprint density at radius 1 is 1.07 bits per heavy atom. The van der Waals surface area contributed by atoms with Crippen molar-refractivity contribution >= 4 is 17.5 Å². The zero-order valence-corrected chi connectivity index (χ0v) is 15.3. The van der Waals surface area contributed by atoms with Crippen LogP contribution in [0.5, 0.6) is 5.75 Å². The quantitative estimate of drug-likeness (QED) is 0.714. The van der Waals surface area contributed by atoms with Crippen LogP contribution in [0.2, 0.25) is 0 Å².